The Morgan fingerprint density at radius 2 is 2.20 bits per heavy atom. The lowest BCUT2D eigenvalue weighted by Gasteiger charge is -2.16. The monoisotopic (exact) mass is 293 g/mol. The highest BCUT2D eigenvalue weighted by molar-refractivity contribution is 7.80. The Bertz CT molecular complexity index is 503. The molecule has 2 heterocycles. The molecule has 1 atom stereocenters. The van der Waals surface area contributed by atoms with Gasteiger partial charge in [-0.05, 0) is 44.8 Å². The molecule has 0 aliphatic carbocycles. The fourth-order valence-electron chi connectivity index (χ4n) is 2.64. The molecule has 1 aromatic rings. The first-order valence-corrected chi connectivity index (χ1v) is 7.53. The SMILES string of the molecule is CCN1CCC(CNc2nnc(C)c(C)c2C(N)=S)C1. The van der Waals surface area contributed by atoms with Crippen molar-refractivity contribution in [3.8, 4) is 0 Å². The molecule has 1 aliphatic rings. The summed E-state index contributed by atoms with van der Waals surface area (Å²) in [5.74, 6) is 1.37. The molecule has 0 radical (unpaired) electrons. The van der Waals surface area contributed by atoms with Gasteiger partial charge in [0.15, 0.2) is 5.82 Å². The van der Waals surface area contributed by atoms with Gasteiger partial charge in [-0.15, -0.1) is 5.10 Å². The van der Waals surface area contributed by atoms with Crippen molar-refractivity contribution in [2.45, 2.75) is 27.2 Å². The van der Waals surface area contributed by atoms with E-state index >= 15 is 0 Å². The molecule has 1 saturated heterocycles. The van der Waals surface area contributed by atoms with Crippen LogP contribution < -0.4 is 11.1 Å². The number of hydrogen-bond donors (Lipinski definition) is 2. The summed E-state index contributed by atoms with van der Waals surface area (Å²) in [5.41, 5.74) is 8.54. The summed E-state index contributed by atoms with van der Waals surface area (Å²) in [4.78, 5) is 2.84. The molecule has 1 fully saturated rings. The van der Waals surface area contributed by atoms with E-state index in [2.05, 4.69) is 27.3 Å². The summed E-state index contributed by atoms with van der Waals surface area (Å²) in [6, 6.07) is 0. The van der Waals surface area contributed by atoms with Crippen molar-refractivity contribution in [2.24, 2.45) is 11.7 Å². The highest BCUT2D eigenvalue weighted by Crippen LogP contribution is 2.20. The Morgan fingerprint density at radius 3 is 2.80 bits per heavy atom. The molecule has 1 unspecified atom stereocenters. The van der Waals surface area contributed by atoms with Crippen molar-refractivity contribution in [2.75, 3.05) is 31.5 Å². The second kappa shape index (κ2) is 6.45. The van der Waals surface area contributed by atoms with E-state index in [4.69, 9.17) is 18.0 Å². The second-order valence-corrected chi connectivity index (χ2v) is 5.87. The van der Waals surface area contributed by atoms with Crippen LogP contribution in [0.15, 0.2) is 0 Å². The molecular weight excluding hydrogens is 270 g/mol. The second-order valence-electron chi connectivity index (χ2n) is 5.43. The summed E-state index contributed by atoms with van der Waals surface area (Å²) in [6.45, 7) is 10.5. The van der Waals surface area contributed by atoms with Gasteiger partial charge >= 0.3 is 0 Å². The van der Waals surface area contributed by atoms with Crippen molar-refractivity contribution >= 4 is 23.0 Å². The predicted molar refractivity (Wildman–Crippen MR) is 86.1 cm³/mol. The van der Waals surface area contributed by atoms with Gasteiger partial charge in [-0.1, -0.05) is 19.1 Å². The Labute approximate surface area is 125 Å². The normalized spacial score (nSPS) is 19.2. The topological polar surface area (TPSA) is 67.1 Å². The standard InChI is InChI=1S/C14H23N5S/c1-4-19-6-5-11(8-19)7-16-14-12(13(15)20)9(2)10(3)17-18-14/h11H,4-8H2,1-3H3,(H2,15,20)(H,16,18). The fraction of sp³-hybridized carbons (Fsp3) is 0.643. The van der Waals surface area contributed by atoms with Crippen LogP contribution in [0.1, 0.15) is 30.2 Å². The van der Waals surface area contributed by atoms with Crippen LogP contribution in [0.2, 0.25) is 0 Å². The number of aromatic nitrogens is 2. The van der Waals surface area contributed by atoms with Gasteiger partial charge in [-0.25, -0.2) is 0 Å². The van der Waals surface area contributed by atoms with E-state index < -0.39 is 0 Å². The lowest BCUT2D eigenvalue weighted by molar-refractivity contribution is 0.345. The maximum absolute atomic E-state index is 5.83. The highest BCUT2D eigenvalue weighted by Gasteiger charge is 2.22. The molecule has 20 heavy (non-hydrogen) atoms. The Hall–Kier alpha value is -1.27. The molecule has 0 saturated carbocycles. The summed E-state index contributed by atoms with van der Waals surface area (Å²) < 4.78 is 0. The minimum Gasteiger partial charge on any atom is -0.389 e. The first kappa shape index (κ1) is 15.1. The molecule has 0 bridgehead atoms. The molecule has 6 heteroatoms. The Kier molecular flexibility index (Phi) is 4.88. The lowest BCUT2D eigenvalue weighted by atomic mass is 10.1. The van der Waals surface area contributed by atoms with Crippen molar-refractivity contribution < 1.29 is 0 Å². The van der Waals surface area contributed by atoms with Crippen LogP contribution in [-0.2, 0) is 0 Å². The van der Waals surface area contributed by atoms with E-state index in [-0.39, 0.29) is 0 Å². The van der Waals surface area contributed by atoms with E-state index in [1.807, 2.05) is 13.8 Å². The smallest absolute Gasteiger partial charge is 0.159 e. The number of nitrogens with one attached hydrogen (secondary N) is 1. The third-order valence-corrected chi connectivity index (χ3v) is 4.28. The molecule has 1 aromatic heterocycles. The molecule has 0 spiro atoms. The van der Waals surface area contributed by atoms with Crippen molar-refractivity contribution in [1.82, 2.24) is 15.1 Å². The zero-order valence-electron chi connectivity index (χ0n) is 12.4. The minimum atomic E-state index is 0.379. The van der Waals surface area contributed by atoms with E-state index in [0.717, 1.165) is 42.3 Å². The average Bonchev–Trinajstić information content (AvgIpc) is 2.87. The molecule has 2 rings (SSSR count). The van der Waals surface area contributed by atoms with Gasteiger partial charge in [0.25, 0.3) is 0 Å². The summed E-state index contributed by atoms with van der Waals surface area (Å²) in [5, 5.41) is 11.8. The third-order valence-electron chi connectivity index (χ3n) is 4.08. The number of likely N-dealkylation sites (tertiary alicyclic amines) is 1. The zero-order valence-corrected chi connectivity index (χ0v) is 13.3. The number of hydrogen-bond acceptors (Lipinski definition) is 5. The zero-order chi connectivity index (χ0) is 14.7. The van der Waals surface area contributed by atoms with Crippen LogP contribution in [0.25, 0.3) is 0 Å². The molecule has 3 N–H and O–H groups in total. The van der Waals surface area contributed by atoms with Crippen molar-refractivity contribution in [3.05, 3.63) is 16.8 Å². The Morgan fingerprint density at radius 1 is 1.45 bits per heavy atom. The molecule has 5 nitrogen and oxygen atoms in total. The highest BCUT2D eigenvalue weighted by atomic mass is 32.1. The molecule has 0 aromatic carbocycles. The van der Waals surface area contributed by atoms with E-state index in [0.29, 0.717) is 10.9 Å². The number of nitrogens with two attached hydrogens (primary N) is 1. The largest absolute Gasteiger partial charge is 0.389 e. The van der Waals surface area contributed by atoms with Crippen LogP contribution in [-0.4, -0.2) is 46.3 Å². The van der Waals surface area contributed by atoms with Gasteiger partial charge in [0.2, 0.25) is 0 Å². The van der Waals surface area contributed by atoms with Crippen LogP contribution in [0.4, 0.5) is 5.82 Å². The number of rotatable bonds is 5. The molecular formula is C14H23N5S. The average molecular weight is 293 g/mol. The maximum Gasteiger partial charge on any atom is 0.159 e. The van der Waals surface area contributed by atoms with E-state index in [1.165, 1.54) is 13.0 Å². The summed E-state index contributed by atoms with van der Waals surface area (Å²) in [6.07, 6.45) is 1.22. The van der Waals surface area contributed by atoms with Gasteiger partial charge in [0, 0.05) is 13.1 Å². The van der Waals surface area contributed by atoms with Crippen LogP contribution in [0.3, 0.4) is 0 Å². The maximum atomic E-state index is 5.83. The van der Waals surface area contributed by atoms with Gasteiger partial charge in [-0.3, -0.25) is 0 Å². The van der Waals surface area contributed by atoms with Crippen LogP contribution >= 0.6 is 12.2 Å². The van der Waals surface area contributed by atoms with Gasteiger partial charge in [-0.2, -0.15) is 5.10 Å². The van der Waals surface area contributed by atoms with Crippen LogP contribution in [0, 0.1) is 19.8 Å². The van der Waals surface area contributed by atoms with Gasteiger partial charge < -0.3 is 16.0 Å². The van der Waals surface area contributed by atoms with Crippen molar-refractivity contribution in [3.63, 3.8) is 0 Å². The van der Waals surface area contributed by atoms with Gasteiger partial charge in [0.05, 0.1) is 11.3 Å². The Balaban J connectivity index is 2.06. The first-order valence-electron chi connectivity index (χ1n) is 7.12. The summed E-state index contributed by atoms with van der Waals surface area (Å²) >= 11 is 5.14. The number of nitrogens with zero attached hydrogens (tertiary/aromatic N) is 3. The molecule has 1 aliphatic heterocycles. The minimum absolute atomic E-state index is 0.379. The lowest BCUT2D eigenvalue weighted by Crippen LogP contribution is -2.24. The number of aryl methyl sites for hydroxylation is 1. The van der Waals surface area contributed by atoms with E-state index in [1.54, 1.807) is 0 Å². The van der Waals surface area contributed by atoms with Gasteiger partial charge in [0.1, 0.15) is 4.99 Å². The first-order chi connectivity index (χ1) is 9.52. The fourth-order valence-corrected chi connectivity index (χ4v) is 2.89. The van der Waals surface area contributed by atoms with Crippen LogP contribution in [0.5, 0.6) is 0 Å². The number of anilines is 1. The van der Waals surface area contributed by atoms with E-state index in [9.17, 15) is 0 Å². The number of thiocarbonyl (C=S) groups is 1. The quantitative estimate of drug-likeness (QED) is 0.802. The predicted octanol–water partition coefficient (Wildman–Crippen LogP) is 1.48. The van der Waals surface area contributed by atoms with Crippen molar-refractivity contribution in [1.29, 1.82) is 0 Å². The molecule has 0 amide bonds. The summed E-state index contributed by atoms with van der Waals surface area (Å²) in [7, 11) is 0. The molecule has 110 valence electrons. The third kappa shape index (κ3) is 3.24.